The fraction of sp³-hybridized carbons (Fsp3) is 0.300. The molecule has 0 aliphatic heterocycles. The second kappa shape index (κ2) is 8.01. The van der Waals surface area contributed by atoms with Crippen LogP contribution in [0.3, 0.4) is 0 Å². The summed E-state index contributed by atoms with van der Waals surface area (Å²) in [6.45, 7) is 1.32. The third-order valence-electron chi connectivity index (χ3n) is 4.26. The van der Waals surface area contributed by atoms with Gasteiger partial charge in [-0.1, -0.05) is 0 Å². The maximum absolute atomic E-state index is 12.7. The quantitative estimate of drug-likeness (QED) is 0.661. The molecule has 2 aromatic carbocycles. The molecule has 0 amide bonds. The van der Waals surface area contributed by atoms with Crippen molar-refractivity contribution in [2.75, 3.05) is 20.3 Å². The van der Waals surface area contributed by atoms with Crippen molar-refractivity contribution in [1.82, 2.24) is 9.55 Å². The number of aromatic nitrogens is 2. The van der Waals surface area contributed by atoms with Crippen LogP contribution in [-0.4, -0.2) is 29.8 Å². The summed E-state index contributed by atoms with van der Waals surface area (Å²) >= 11 is 0. The number of unbranched alkanes of at least 4 members (excludes halogenated alkanes) is 1. The second-order valence-electron chi connectivity index (χ2n) is 6.05. The zero-order valence-electron chi connectivity index (χ0n) is 15.1. The van der Waals surface area contributed by atoms with Crippen LogP contribution in [0.15, 0.2) is 47.3 Å². The summed E-state index contributed by atoms with van der Waals surface area (Å²) < 4.78 is 12.4. The molecular weight excluding hydrogens is 330 g/mol. The van der Waals surface area contributed by atoms with E-state index in [0.29, 0.717) is 35.6 Å². The minimum absolute atomic E-state index is 0.106. The highest BCUT2D eigenvalue weighted by Gasteiger charge is 2.11. The van der Waals surface area contributed by atoms with Crippen molar-refractivity contribution < 1.29 is 9.47 Å². The van der Waals surface area contributed by atoms with Crippen molar-refractivity contribution in [1.29, 1.82) is 0 Å². The number of hydrogen-bond acceptors (Lipinski definition) is 5. The second-order valence-corrected chi connectivity index (χ2v) is 6.05. The Hall–Kier alpha value is -2.86. The van der Waals surface area contributed by atoms with Crippen LogP contribution in [0.5, 0.6) is 11.5 Å². The highest BCUT2D eigenvalue weighted by atomic mass is 16.5. The van der Waals surface area contributed by atoms with E-state index in [-0.39, 0.29) is 5.56 Å². The Kier molecular flexibility index (Phi) is 5.53. The largest absolute Gasteiger partial charge is 0.497 e. The third kappa shape index (κ3) is 3.70. The summed E-state index contributed by atoms with van der Waals surface area (Å²) in [5.41, 5.74) is 6.87. The Balaban J connectivity index is 1.90. The van der Waals surface area contributed by atoms with Crippen LogP contribution < -0.4 is 20.8 Å². The lowest BCUT2D eigenvalue weighted by Crippen LogP contribution is -2.20. The summed E-state index contributed by atoms with van der Waals surface area (Å²) in [4.78, 5) is 17.3. The van der Waals surface area contributed by atoms with Gasteiger partial charge in [-0.25, -0.2) is 4.98 Å². The molecule has 0 aliphatic rings. The SMILES string of the molecule is COc1ccc2nc(-c3ccc(OCCCCN)cc3)n(C)c(=O)c2c1. The first-order chi connectivity index (χ1) is 12.6. The molecule has 0 radical (unpaired) electrons. The first-order valence-electron chi connectivity index (χ1n) is 8.62. The van der Waals surface area contributed by atoms with E-state index in [1.807, 2.05) is 24.3 Å². The van der Waals surface area contributed by atoms with Gasteiger partial charge in [0.05, 0.1) is 24.6 Å². The summed E-state index contributed by atoms with van der Waals surface area (Å²) in [5, 5.41) is 0.537. The number of methoxy groups -OCH3 is 1. The van der Waals surface area contributed by atoms with Crippen molar-refractivity contribution in [2.24, 2.45) is 12.8 Å². The van der Waals surface area contributed by atoms with Crippen molar-refractivity contribution >= 4 is 10.9 Å². The minimum atomic E-state index is -0.106. The monoisotopic (exact) mass is 353 g/mol. The predicted molar refractivity (Wildman–Crippen MR) is 103 cm³/mol. The number of rotatable bonds is 7. The van der Waals surface area contributed by atoms with Crippen LogP contribution in [0.2, 0.25) is 0 Å². The molecule has 0 bridgehead atoms. The van der Waals surface area contributed by atoms with Crippen molar-refractivity contribution in [3.8, 4) is 22.9 Å². The number of nitrogens with two attached hydrogens (primary N) is 1. The standard InChI is InChI=1S/C20H23N3O3/c1-23-19(14-5-7-15(8-6-14)26-12-4-3-11-21)22-18-10-9-16(25-2)13-17(18)20(23)24/h5-10,13H,3-4,11-12,21H2,1-2H3. The first-order valence-corrected chi connectivity index (χ1v) is 8.62. The molecule has 0 aliphatic carbocycles. The van der Waals surface area contributed by atoms with E-state index in [9.17, 15) is 4.79 Å². The molecule has 26 heavy (non-hydrogen) atoms. The number of benzene rings is 2. The van der Waals surface area contributed by atoms with E-state index in [1.54, 1.807) is 36.9 Å². The zero-order chi connectivity index (χ0) is 18.5. The van der Waals surface area contributed by atoms with E-state index in [1.165, 1.54) is 0 Å². The number of fused-ring (bicyclic) bond motifs is 1. The Morgan fingerprint density at radius 1 is 1.08 bits per heavy atom. The van der Waals surface area contributed by atoms with Crippen LogP contribution in [-0.2, 0) is 7.05 Å². The van der Waals surface area contributed by atoms with Gasteiger partial charge in [0.25, 0.3) is 5.56 Å². The van der Waals surface area contributed by atoms with Crippen molar-refractivity contribution in [3.05, 3.63) is 52.8 Å². The molecule has 2 N–H and O–H groups in total. The van der Waals surface area contributed by atoms with Gasteiger partial charge in [-0.2, -0.15) is 0 Å². The maximum atomic E-state index is 12.7. The lowest BCUT2D eigenvalue weighted by molar-refractivity contribution is 0.308. The third-order valence-corrected chi connectivity index (χ3v) is 4.26. The molecule has 1 aromatic heterocycles. The molecule has 0 fully saturated rings. The maximum Gasteiger partial charge on any atom is 0.261 e. The van der Waals surface area contributed by atoms with Gasteiger partial charge in [0.15, 0.2) is 0 Å². The molecule has 6 heteroatoms. The Labute approximate surface area is 152 Å². The molecule has 0 saturated heterocycles. The van der Waals surface area contributed by atoms with Gasteiger partial charge in [-0.15, -0.1) is 0 Å². The lowest BCUT2D eigenvalue weighted by atomic mass is 10.1. The summed E-state index contributed by atoms with van der Waals surface area (Å²) in [5.74, 6) is 2.05. The average Bonchev–Trinajstić information content (AvgIpc) is 2.68. The van der Waals surface area contributed by atoms with Crippen LogP contribution >= 0.6 is 0 Å². The molecule has 0 atom stereocenters. The Morgan fingerprint density at radius 2 is 1.81 bits per heavy atom. The van der Waals surface area contributed by atoms with Crippen LogP contribution in [0.4, 0.5) is 0 Å². The number of ether oxygens (including phenoxy) is 2. The lowest BCUT2D eigenvalue weighted by Gasteiger charge is -2.11. The van der Waals surface area contributed by atoms with Crippen molar-refractivity contribution in [3.63, 3.8) is 0 Å². The predicted octanol–water partition coefficient (Wildman–Crippen LogP) is 2.73. The summed E-state index contributed by atoms with van der Waals surface area (Å²) in [6.07, 6.45) is 1.88. The Morgan fingerprint density at radius 3 is 2.50 bits per heavy atom. The fourth-order valence-corrected chi connectivity index (χ4v) is 2.77. The van der Waals surface area contributed by atoms with Crippen LogP contribution in [0.25, 0.3) is 22.3 Å². The van der Waals surface area contributed by atoms with E-state index in [0.717, 1.165) is 24.2 Å². The van der Waals surface area contributed by atoms with Crippen LogP contribution in [0, 0.1) is 0 Å². The molecule has 0 saturated carbocycles. The molecule has 3 aromatic rings. The molecule has 3 rings (SSSR count). The van der Waals surface area contributed by atoms with Gasteiger partial charge in [-0.05, 0) is 61.9 Å². The van der Waals surface area contributed by atoms with E-state index in [4.69, 9.17) is 15.2 Å². The minimum Gasteiger partial charge on any atom is -0.497 e. The van der Waals surface area contributed by atoms with Gasteiger partial charge in [0.2, 0.25) is 0 Å². The number of nitrogens with zero attached hydrogens (tertiary/aromatic N) is 2. The zero-order valence-corrected chi connectivity index (χ0v) is 15.1. The average molecular weight is 353 g/mol. The first kappa shape index (κ1) is 17.9. The highest BCUT2D eigenvalue weighted by Crippen LogP contribution is 2.23. The topological polar surface area (TPSA) is 79.4 Å². The van der Waals surface area contributed by atoms with E-state index >= 15 is 0 Å². The molecule has 0 spiro atoms. The fourth-order valence-electron chi connectivity index (χ4n) is 2.77. The molecular formula is C20H23N3O3. The van der Waals surface area contributed by atoms with Gasteiger partial charge >= 0.3 is 0 Å². The summed E-state index contributed by atoms with van der Waals surface area (Å²) in [6, 6.07) is 12.9. The molecule has 0 unspecified atom stereocenters. The number of hydrogen-bond donors (Lipinski definition) is 1. The molecule has 1 heterocycles. The molecule has 6 nitrogen and oxygen atoms in total. The normalized spacial score (nSPS) is 10.9. The van der Waals surface area contributed by atoms with Crippen molar-refractivity contribution in [2.45, 2.75) is 12.8 Å². The molecule has 136 valence electrons. The van der Waals surface area contributed by atoms with Gasteiger partial charge in [0, 0.05) is 12.6 Å². The highest BCUT2D eigenvalue weighted by molar-refractivity contribution is 5.81. The van der Waals surface area contributed by atoms with E-state index in [2.05, 4.69) is 4.98 Å². The Bertz CT molecular complexity index is 949. The van der Waals surface area contributed by atoms with E-state index < -0.39 is 0 Å². The van der Waals surface area contributed by atoms with Gasteiger partial charge in [0.1, 0.15) is 17.3 Å². The smallest absolute Gasteiger partial charge is 0.261 e. The van der Waals surface area contributed by atoms with Gasteiger partial charge < -0.3 is 15.2 Å². The van der Waals surface area contributed by atoms with Crippen LogP contribution in [0.1, 0.15) is 12.8 Å². The van der Waals surface area contributed by atoms with Gasteiger partial charge in [-0.3, -0.25) is 9.36 Å². The summed E-state index contributed by atoms with van der Waals surface area (Å²) in [7, 11) is 3.30.